The molecule has 0 saturated carbocycles. The lowest BCUT2D eigenvalue weighted by molar-refractivity contribution is -0.145. The average Bonchev–Trinajstić information content (AvgIpc) is 3.08. The molecule has 0 saturated heterocycles. The summed E-state index contributed by atoms with van der Waals surface area (Å²) in [5.74, 6) is -0.522. The van der Waals surface area contributed by atoms with Crippen LogP contribution in [0.15, 0.2) is 53.3 Å². The predicted molar refractivity (Wildman–Crippen MR) is 104 cm³/mol. The molecule has 2 aromatic rings. The van der Waals surface area contributed by atoms with Crippen molar-refractivity contribution in [3.05, 3.63) is 58.8 Å². The van der Waals surface area contributed by atoms with Gasteiger partial charge in [0.1, 0.15) is 11.8 Å². The van der Waals surface area contributed by atoms with Gasteiger partial charge in [-0.15, -0.1) is 17.9 Å². The Morgan fingerprint density at radius 2 is 1.96 bits per heavy atom. The molecule has 0 spiro atoms. The normalized spacial score (nSPS) is 20.4. The van der Waals surface area contributed by atoms with Crippen LogP contribution in [0.5, 0.6) is 5.75 Å². The van der Waals surface area contributed by atoms with Crippen LogP contribution < -0.4 is 4.74 Å². The molecule has 1 aliphatic heterocycles. The first-order valence-corrected chi connectivity index (χ1v) is 10.7. The number of methoxy groups -OCH3 is 2. The van der Waals surface area contributed by atoms with Gasteiger partial charge in [-0.3, -0.25) is 4.79 Å². The second-order valence-corrected chi connectivity index (χ2v) is 8.96. The lowest BCUT2D eigenvalue weighted by atomic mass is 9.92. The van der Waals surface area contributed by atoms with E-state index in [9.17, 15) is 13.2 Å². The van der Waals surface area contributed by atoms with E-state index in [2.05, 4.69) is 6.58 Å². The molecule has 0 amide bonds. The lowest BCUT2D eigenvalue weighted by Crippen LogP contribution is -2.48. The van der Waals surface area contributed by atoms with Gasteiger partial charge in [-0.25, -0.2) is 8.42 Å². The largest absolute Gasteiger partial charge is 0.497 e. The Bertz CT molecular complexity index is 933. The molecule has 0 aliphatic carbocycles. The number of ether oxygens (including phenoxy) is 2. The van der Waals surface area contributed by atoms with E-state index in [1.807, 2.05) is 11.4 Å². The first-order chi connectivity index (χ1) is 12.9. The Kier molecular flexibility index (Phi) is 5.69. The monoisotopic (exact) mass is 407 g/mol. The van der Waals surface area contributed by atoms with Crippen molar-refractivity contribution in [3.63, 3.8) is 0 Å². The summed E-state index contributed by atoms with van der Waals surface area (Å²) in [7, 11) is -1.14. The number of sulfonamides is 1. The Morgan fingerprint density at radius 1 is 1.26 bits per heavy atom. The maximum Gasteiger partial charge on any atom is 0.325 e. The van der Waals surface area contributed by atoms with Gasteiger partial charge in [-0.2, -0.15) is 4.31 Å². The summed E-state index contributed by atoms with van der Waals surface area (Å²) in [6.45, 7) is 4.03. The minimum Gasteiger partial charge on any atom is -0.497 e. The van der Waals surface area contributed by atoms with Gasteiger partial charge in [0.05, 0.1) is 19.1 Å². The molecule has 0 fully saturated rings. The van der Waals surface area contributed by atoms with Crippen LogP contribution in [0.3, 0.4) is 0 Å². The third-order valence-electron chi connectivity index (χ3n) is 4.71. The van der Waals surface area contributed by atoms with Crippen molar-refractivity contribution in [2.24, 2.45) is 0 Å². The molecule has 0 radical (unpaired) electrons. The molecule has 2 atom stereocenters. The minimum absolute atomic E-state index is 0.102. The van der Waals surface area contributed by atoms with Crippen LogP contribution in [0.4, 0.5) is 0 Å². The fraction of sp³-hybridized carbons (Fsp3) is 0.316. The summed E-state index contributed by atoms with van der Waals surface area (Å²) in [5, 5.41) is 1.95. The van der Waals surface area contributed by atoms with Crippen molar-refractivity contribution in [2.75, 3.05) is 20.8 Å². The molecule has 0 bridgehead atoms. The number of thiophene rings is 1. The van der Waals surface area contributed by atoms with E-state index in [1.54, 1.807) is 29.5 Å². The zero-order chi connectivity index (χ0) is 19.6. The van der Waals surface area contributed by atoms with Crippen LogP contribution in [0.25, 0.3) is 0 Å². The second kappa shape index (κ2) is 7.84. The molecule has 144 valence electrons. The van der Waals surface area contributed by atoms with Gasteiger partial charge < -0.3 is 9.47 Å². The van der Waals surface area contributed by atoms with Crippen molar-refractivity contribution in [1.82, 2.24) is 4.31 Å². The SMILES string of the molecule is C=C[C@H]1c2ccsc2CCN(S(=O)(=O)c2ccc(OC)cc2)[C@@H]1C(=O)OC. The molecule has 1 aliphatic rings. The summed E-state index contributed by atoms with van der Waals surface area (Å²) >= 11 is 1.55. The molecule has 0 unspecified atom stereocenters. The number of hydrogen-bond donors (Lipinski definition) is 0. The molecule has 0 N–H and O–H groups in total. The molecule has 27 heavy (non-hydrogen) atoms. The number of esters is 1. The van der Waals surface area contributed by atoms with E-state index in [-0.39, 0.29) is 11.4 Å². The third kappa shape index (κ3) is 3.52. The van der Waals surface area contributed by atoms with Crippen molar-refractivity contribution in [3.8, 4) is 5.75 Å². The number of rotatable bonds is 5. The summed E-state index contributed by atoms with van der Waals surface area (Å²) in [4.78, 5) is 13.8. The van der Waals surface area contributed by atoms with Crippen LogP contribution >= 0.6 is 11.3 Å². The Balaban J connectivity index is 2.09. The van der Waals surface area contributed by atoms with E-state index < -0.39 is 28.0 Å². The lowest BCUT2D eigenvalue weighted by Gasteiger charge is -2.31. The van der Waals surface area contributed by atoms with E-state index >= 15 is 0 Å². The molecule has 2 heterocycles. The van der Waals surface area contributed by atoms with E-state index in [1.165, 1.54) is 30.7 Å². The third-order valence-corrected chi connectivity index (χ3v) is 7.60. The van der Waals surface area contributed by atoms with Crippen molar-refractivity contribution in [1.29, 1.82) is 0 Å². The fourth-order valence-electron chi connectivity index (χ4n) is 3.34. The Hall–Kier alpha value is -2.16. The van der Waals surface area contributed by atoms with Crippen molar-refractivity contribution < 1.29 is 22.7 Å². The van der Waals surface area contributed by atoms with Crippen LogP contribution in [-0.4, -0.2) is 45.5 Å². The van der Waals surface area contributed by atoms with Gasteiger partial charge in [-0.1, -0.05) is 6.08 Å². The number of hydrogen-bond acceptors (Lipinski definition) is 6. The number of nitrogens with zero attached hydrogens (tertiary/aromatic N) is 1. The standard InChI is InChI=1S/C19H21NO5S2/c1-4-15-16-10-12-26-17(16)9-11-20(18(15)19(21)25-3)27(22,23)14-7-5-13(24-2)6-8-14/h4-8,10,12,15,18H,1,9,11H2,2-3H3/t15-,18-/m0/s1. The number of benzene rings is 1. The van der Waals surface area contributed by atoms with Gasteiger partial charge in [0.25, 0.3) is 0 Å². The summed E-state index contributed by atoms with van der Waals surface area (Å²) in [5.41, 5.74) is 0.929. The second-order valence-electron chi connectivity index (χ2n) is 6.07. The zero-order valence-electron chi connectivity index (χ0n) is 15.1. The molecule has 3 rings (SSSR count). The molecule has 6 nitrogen and oxygen atoms in total. The van der Waals surface area contributed by atoms with Crippen LogP contribution in [0, 0.1) is 0 Å². The van der Waals surface area contributed by atoms with Gasteiger partial charge in [0, 0.05) is 17.3 Å². The van der Waals surface area contributed by atoms with Gasteiger partial charge in [0.15, 0.2) is 0 Å². The topological polar surface area (TPSA) is 72.9 Å². The van der Waals surface area contributed by atoms with Gasteiger partial charge >= 0.3 is 5.97 Å². The fourth-order valence-corrected chi connectivity index (χ4v) is 5.87. The number of carbonyl (C=O) groups excluding carboxylic acids is 1. The number of fused-ring (bicyclic) bond motifs is 1. The van der Waals surface area contributed by atoms with Crippen LogP contribution in [0.1, 0.15) is 16.4 Å². The highest BCUT2D eigenvalue weighted by atomic mass is 32.2. The average molecular weight is 408 g/mol. The molecule has 1 aromatic heterocycles. The summed E-state index contributed by atoms with van der Waals surface area (Å²) in [6.07, 6.45) is 2.15. The van der Waals surface area contributed by atoms with Crippen molar-refractivity contribution in [2.45, 2.75) is 23.3 Å². The van der Waals surface area contributed by atoms with E-state index in [0.29, 0.717) is 12.2 Å². The van der Waals surface area contributed by atoms with Gasteiger partial charge in [0.2, 0.25) is 10.0 Å². The zero-order valence-corrected chi connectivity index (χ0v) is 16.8. The summed E-state index contributed by atoms with van der Waals surface area (Å²) < 4.78 is 38.0. The smallest absolute Gasteiger partial charge is 0.325 e. The van der Waals surface area contributed by atoms with Crippen LogP contribution in [0.2, 0.25) is 0 Å². The highest BCUT2D eigenvalue weighted by Gasteiger charge is 2.43. The minimum atomic E-state index is -3.92. The van der Waals surface area contributed by atoms with Crippen LogP contribution in [-0.2, 0) is 26.0 Å². The first kappa shape index (κ1) is 19.6. The van der Waals surface area contributed by atoms with E-state index in [0.717, 1.165) is 10.4 Å². The molecular weight excluding hydrogens is 386 g/mol. The highest BCUT2D eigenvalue weighted by molar-refractivity contribution is 7.89. The quantitative estimate of drug-likeness (QED) is 0.563. The maximum atomic E-state index is 13.4. The summed E-state index contributed by atoms with van der Waals surface area (Å²) in [6, 6.07) is 7.04. The predicted octanol–water partition coefficient (Wildman–Crippen LogP) is 2.81. The molecule has 8 heteroatoms. The Labute approximate surface area is 163 Å². The van der Waals surface area contributed by atoms with Crippen molar-refractivity contribution >= 4 is 27.3 Å². The Morgan fingerprint density at radius 3 is 2.56 bits per heavy atom. The highest BCUT2D eigenvalue weighted by Crippen LogP contribution is 2.37. The van der Waals surface area contributed by atoms with Gasteiger partial charge in [-0.05, 0) is 47.7 Å². The molecule has 1 aromatic carbocycles. The maximum absolute atomic E-state index is 13.4. The number of carbonyl (C=O) groups is 1. The van der Waals surface area contributed by atoms with E-state index in [4.69, 9.17) is 9.47 Å². The molecular formula is C19H21NO5S2. The first-order valence-electron chi connectivity index (χ1n) is 8.36.